The van der Waals surface area contributed by atoms with Crippen molar-refractivity contribution in [2.45, 2.75) is 13.1 Å². The molecule has 0 radical (unpaired) electrons. The van der Waals surface area contributed by atoms with Crippen LogP contribution in [0.5, 0.6) is 0 Å². The number of carbonyl (C=O) groups excluding carboxylic acids is 1. The number of benzene rings is 2. The Balaban J connectivity index is 1.73. The van der Waals surface area contributed by atoms with E-state index in [1.165, 1.54) is 23.3 Å². The van der Waals surface area contributed by atoms with Crippen molar-refractivity contribution in [1.29, 1.82) is 0 Å². The molecule has 0 saturated heterocycles. The average molecular weight is 377 g/mol. The van der Waals surface area contributed by atoms with Crippen molar-refractivity contribution in [3.05, 3.63) is 106 Å². The van der Waals surface area contributed by atoms with Gasteiger partial charge in [0.1, 0.15) is 22.7 Å². The highest BCUT2D eigenvalue weighted by molar-refractivity contribution is 5.96. The van der Waals surface area contributed by atoms with Crippen molar-refractivity contribution < 1.29 is 18.0 Å². The maximum absolute atomic E-state index is 14.1. The number of hydrogen-bond acceptors (Lipinski definition) is 4. The maximum atomic E-state index is 14.1. The second-order valence-corrected chi connectivity index (χ2v) is 6.32. The Kier molecular flexibility index (Phi) is 4.76. The molecule has 0 spiro atoms. The lowest BCUT2D eigenvalue weighted by Crippen LogP contribution is -2.33. The first kappa shape index (κ1) is 17.7. The van der Waals surface area contributed by atoms with Gasteiger partial charge in [0.05, 0.1) is 12.8 Å². The molecule has 2 aromatic heterocycles. The molecule has 0 aliphatic carbocycles. The Hall–Kier alpha value is -3.67. The minimum atomic E-state index is -0.735. The highest BCUT2D eigenvalue weighted by Crippen LogP contribution is 2.18. The molecule has 0 bridgehead atoms. The van der Waals surface area contributed by atoms with Gasteiger partial charge >= 0.3 is 5.63 Å². The normalized spacial score (nSPS) is 10.9. The van der Waals surface area contributed by atoms with Gasteiger partial charge < -0.3 is 13.7 Å². The van der Waals surface area contributed by atoms with Gasteiger partial charge in [-0.05, 0) is 30.3 Å². The minimum Gasteiger partial charge on any atom is -0.467 e. The standard InChI is InChI=1S/C22H16FNO4/c23-19-9-3-1-7-16(19)13-24(14-17-8-5-11-27-17)21(25)18-12-15-6-2-4-10-20(15)28-22(18)26/h1-12H,13-14H2. The Bertz CT molecular complexity index is 1180. The third-order valence-electron chi connectivity index (χ3n) is 4.40. The zero-order chi connectivity index (χ0) is 19.5. The first-order valence-corrected chi connectivity index (χ1v) is 8.70. The molecule has 5 nitrogen and oxygen atoms in total. The highest BCUT2D eigenvalue weighted by Gasteiger charge is 2.23. The first-order valence-electron chi connectivity index (χ1n) is 8.70. The van der Waals surface area contributed by atoms with E-state index in [4.69, 9.17) is 8.83 Å². The molecule has 0 unspecified atom stereocenters. The topological polar surface area (TPSA) is 63.7 Å². The fourth-order valence-corrected chi connectivity index (χ4v) is 3.00. The Morgan fingerprint density at radius 1 is 0.964 bits per heavy atom. The molecule has 1 amide bonds. The number of furan rings is 1. The monoisotopic (exact) mass is 377 g/mol. The third-order valence-corrected chi connectivity index (χ3v) is 4.40. The summed E-state index contributed by atoms with van der Waals surface area (Å²) in [6.07, 6.45) is 1.49. The summed E-state index contributed by atoms with van der Waals surface area (Å²) in [4.78, 5) is 26.9. The van der Waals surface area contributed by atoms with Crippen molar-refractivity contribution in [3.8, 4) is 0 Å². The molecule has 0 atom stereocenters. The van der Waals surface area contributed by atoms with Crippen LogP contribution < -0.4 is 5.63 Å². The van der Waals surface area contributed by atoms with Crippen molar-refractivity contribution >= 4 is 16.9 Å². The van der Waals surface area contributed by atoms with E-state index in [1.54, 1.807) is 54.6 Å². The van der Waals surface area contributed by atoms with Crippen LogP contribution in [0.2, 0.25) is 0 Å². The van der Waals surface area contributed by atoms with Crippen molar-refractivity contribution in [2.75, 3.05) is 0 Å². The number of rotatable bonds is 5. The van der Waals surface area contributed by atoms with E-state index in [0.717, 1.165) is 0 Å². The quantitative estimate of drug-likeness (QED) is 0.485. The molecule has 4 rings (SSSR count). The average Bonchev–Trinajstić information content (AvgIpc) is 3.21. The van der Waals surface area contributed by atoms with Crippen LogP contribution in [0, 0.1) is 5.82 Å². The number of para-hydroxylation sites is 1. The first-order chi connectivity index (χ1) is 13.6. The predicted molar refractivity (Wildman–Crippen MR) is 101 cm³/mol. The van der Waals surface area contributed by atoms with Crippen LogP contribution in [0.15, 0.2) is 86.6 Å². The second-order valence-electron chi connectivity index (χ2n) is 6.32. The van der Waals surface area contributed by atoms with Gasteiger partial charge in [-0.3, -0.25) is 4.79 Å². The van der Waals surface area contributed by atoms with E-state index >= 15 is 0 Å². The van der Waals surface area contributed by atoms with Gasteiger partial charge in [-0.1, -0.05) is 36.4 Å². The lowest BCUT2D eigenvalue weighted by molar-refractivity contribution is 0.0712. The summed E-state index contributed by atoms with van der Waals surface area (Å²) in [7, 11) is 0. The zero-order valence-corrected chi connectivity index (χ0v) is 14.8. The summed E-state index contributed by atoms with van der Waals surface area (Å²) in [5.41, 5.74) is -0.105. The molecule has 0 saturated carbocycles. The largest absolute Gasteiger partial charge is 0.467 e. The molecule has 2 aromatic carbocycles. The maximum Gasteiger partial charge on any atom is 0.349 e. The van der Waals surface area contributed by atoms with E-state index in [9.17, 15) is 14.0 Å². The van der Waals surface area contributed by atoms with Gasteiger partial charge in [-0.25, -0.2) is 9.18 Å². The zero-order valence-electron chi connectivity index (χ0n) is 14.8. The number of carbonyl (C=O) groups is 1. The summed E-state index contributed by atoms with van der Waals surface area (Å²) in [5.74, 6) is -0.459. The molecule has 140 valence electrons. The summed E-state index contributed by atoms with van der Waals surface area (Å²) in [6.45, 7) is 0.0743. The SMILES string of the molecule is O=C(c1cc2ccccc2oc1=O)N(Cc1ccco1)Cc1ccccc1F. The number of fused-ring (bicyclic) bond motifs is 1. The molecule has 0 N–H and O–H groups in total. The molecule has 0 fully saturated rings. The van der Waals surface area contributed by atoms with E-state index in [-0.39, 0.29) is 18.7 Å². The van der Waals surface area contributed by atoms with Crippen LogP contribution in [0.1, 0.15) is 21.7 Å². The van der Waals surface area contributed by atoms with E-state index in [2.05, 4.69) is 0 Å². The minimum absolute atomic E-state index is 0.0154. The van der Waals surface area contributed by atoms with E-state index in [1.807, 2.05) is 0 Å². The second kappa shape index (κ2) is 7.52. The molecule has 0 aliphatic rings. The number of nitrogens with zero attached hydrogens (tertiary/aromatic N) is 1. The van der Waals surface area contributed by atoms with Crippen molar-refractivity contribution in [3.63, 3.8) is 0 Å². The van der Waals surface area contributed by atoms with E-state index < -0.39 is 17.3 Å². The number of halogens is 1. The Morgan fingerprint density at radius 3 is 2.54 bits per heavy atom. The molecule has 28 heavy (non-hydrogen) atoms. The number of hydrogen-bond donors (Lipinski definition) is 0. The van der Waals surface area contributed by atoms with Crippen LogP contribution >= 0.6 is 0 Å². The summed E-state index contributed by atoms with van der Waals surface area (Å²) < 4.78 is 24.7. The molecule has 6 heteroatoms. The van der Waals surface area contributed by atoms with Crippen molar-refractivity contribution in [1.82, 2.24) is 4.90 Å². The number of amides is 1. The van der Waals surface area contributed by atoms with Crippen LogP contribution in [0.4, 0.5) is 4.39 Å². The van der Waals surface area contributed by atoms with Gasteiger partial charge in [-0.2, -0.15) is 0 Å². The van der Waals surface area contributed by atoms with Gasteiger partial charge in [0.15, 0.2) is 0 Å². The Labute approximate surface area is 159 Å². The molecule has 0 aliphatic heterocycles. The Morgan fingerprint density at radius 2 is 1.75 bits per heavy atom. The lowest BCUT2D eigenvalue weighted by Gasteiger charge is -2.22. The predicted octanol–water partition coefficient (Wildman–Crippen LogP) is 4.37. The van der Waals surface area contributed by atoms with Gasteiger partial charge in [0.2, 0.25) is 0 Å². The van der Waals surface area contributed by atoms with Crippen LogP contribution in [-0.4, -0.2) is 10.8 Å². The van der Waals surface area contributed by atoms with Gasteiger partial charge in [0, 0.05) is 17.5 Å². The fraction of sp³-hybridized carbons (Fsp3) is 0.0909. The molecule has 2 heterocycles. The fourth-order valence-electron chi connectivity index (χ4n) is 3.00. The van der Waals surface area contributed by atoms with Crippen LogP contribution in [0.3, 0.4) is 0 Å². The van der Waals surface area contributed by atoms with Crippen LogP contribution in [0.25, 0.3) is 11.0 Å². The van der Waals surface area contributed by atoms with Crippen molar-refractivity contribution in [2.24, 2.45) is 0 Å². The van der Waals surface area contributed by atoms with Gasteiger partial charge in [-0.15, -0.1) is 0 Å². The third kappa shape index (κ3) is 3.57. The summed E-state index contributed by atoms with van der Waals surface area (Å²) >= 11 is 0. The van der Waals surface area contributed by atoms with Gasteiger partial charge in [0.25, 0.3) is 5.91 Å². The highest BCUT2D eigenvalue weighted by atomic mass is 19.1. The lowest BCUT2D eigenvalue weighted by atomic mass is 10.1. The molecular formula is C22H16FNO4. The van der Waals surface area contributed by atoms with E-state index in [0.29, 0.717) is 22.3 Å². The summed E-state index contributed by atoms with van der Waals surface area (Å²) in [6, 6.07) is 18.1. The smallest absolute Gasteiger partial charge is 0.349 e. The molecular weight excluding hydrogens is 361 g/mol. The summed E-state index contributed by atoms with van der Waals surface area (Å²) in [5, 5.41) is 0.634. The van der Waals surface area contributed by atoms with Crippen LogP contribution in [-0.2, 0) is 13.1 Å². The molecule has 4 aromatic rings.